The molecule has 0 saturated heterocycles. The predicted molar refractivity (Wildman–Crippen MR) is 565 cm³/mol. The van der Waals surface area contributed by atoms with Crippen molar-refractivity contribution >= 4 is 75.4 Å². The molecule has 0 radical (unpaired) electrons. The highest BCUT2D eigenvalue weighted by Crippen LogP contribution is 2.57. The molecule has 0 unspecified atom stereocenters. The number of hydrogen-bond acceptors (Lipinski definition) is 12. The van der Waals surface area contributed by atoms with Crippen LogP contribution >= 0.6 is 11.3 Å². The van der Waals surface area contributed by atoms with Gasteiger partial charge in [-0.2, -0.15) is 0 Å². The Labute approximate surface area is 802 Å². The summed E-state index contributed by atoms with van der Waals surface area (Å²) in [6.45, 7) is 13.9. The van der Waals surface area contributed by atoms with Crippen molar-refractivity contribution in [2.75, 3.05) is 0 Å². The van der Waals surface area contributed by atoms with Gasteiger partial charge in [0, 0.05) is 130 Å². The van der Waals surface area contributed by atoms with Gasteiger partial charge in [0.2, 0.25) is 0 Å². The molecular weight excluding hydrogens is 1700 g/mol. The molecule has 0 bridgehead atoms. The van der Waals surface area contributed by atoms with Crippen LogP contribution < -0.4 is 0 Å². The lowest BCUT2D eigenvalue weighted by atomic mass is 9.82. The van der Waals surface area contributed by atoms with E-state index in [0.29, 0.717) is 52.4 Å². The predicted octanol–water partition coefficient (Wildman–Crippen LogP) is 32.7. The van der Waals surface area contributed by atoms with Crippen molar-refractivity contribution in [3.8, 4) is 169 Å². The fourth-order valence-electron chi connectivity index (χ4n) is 21.1. The largest absolute Gasteiger partial charge is 0.455 e. The molecule has 0 saturated carbocycles. The van der Waals surface area contributed by atoms with Crippen molar-refractivity contribution < 1.29 is 8.83 Å². The van der Waals surface area contributed by atoms with Crippen LogP contribution in [0.3, 0.4) is 0 Å². The summed E-state index contributed by atoms with van der Waals surface area (Å²) >= 11 is 1.88. The molecule has 24 aromatic rings. The van der Waals surface area contributed by atoms with Gasteiger partial charge in [0.05, 0.1) is 0 Å². The van der Waals surface area contributed by atoms with Gasteiger partial charge < -0.3 is 8.83 Å². The molecular formula is C126H87N9O2S. The normalized spacial score (nSPS) is 13.2. The number of aromatic nitrogens is 9. The van der Waals surface area contributed by atoms with Crippen molar-refractivity contribution in [3.63, 3.8) is 0 Å². The van der Waals surface area contributed by atoms with Crippen LogP contribution in [-0.2, 0) is 16.2 Å². The topological polar surface area (TPSA) is 142 Å². The lowest BCUT2D eigenvalue weighted by molar-refractivity contribution is 0.620. The first-order valence-corrected chi connectivity index (χ1v) is 47.7. The molecule has 11 nitrogen and oxygen atoms in total. The summed E-state index contributed by atoms with van der Waals surface area (Å²) in [6, 6.07) is 146. The molecule has 6 heterocycles. The van der Waals surface area contributed by atoms with E-state index in [4.69, 9.17) is 53.7 Å². The number of furan rings is 2. The standard InChI is InChI=1S/2C42H29N3O.C42H29N3S/c1-42(2)35-22-10-9-19-31(35)32-23-24-34-33-21-12-20-30(37(33)46-38(34)36(32)42)28-17-11-18-29(25-28)41-44-39(26-13-5-3-6-14-26)43-40(45-41)27-15-7-4-8-16-27;1-42(2)35-19-10-9-16-31(35)32-24-25-34-33-18-11-17-30(37(33)46-38(34)36(32)42)26-20-22-29(23-21-26)41-44-39(27-12-5-3-6-13-27)43-40(45-41)28-14-7-4-8-15-28;1-42(2)35-19-10-9-18-31(35)32-24-34-33-23-29(20-21-37(33)46-38(34)25-36(32)42)28-16-11-17-30(22-28)41-44-39(26-12-5-3-6-13-26)43-40(45-41)27-14-7-4-8-15-27/h3*3-25H,1-2H3. The van der Waals surface area contributed by atoms with Crippen molar-refractivity contribution in [3.05, 3.63) is 452 Å². The van der Waals surface area contributed by atoms with Gasteiger partial charge in [-0.1, -0.05) is 412 Å². The number of hydrogen-bond donors (Lipinski definition) is 0. The minimum atomic E-state index is -0.162. The van der Waals surface area contributed by atoms with Crippen LogP contribution in [0.1, 0.15) is 74.9 Å². The highest BCUT2D eigenvalue weighted by atomic mass is 32.1. The second-order valence-electron chi connectivity index (χ2n) is 37.4. The smallest absolute Gasteiger partial charge is 0.164 e. The third-order valence-electron chi connectivity index (χ3n) is 28.0. The number of para-hydroxylation sites is 2. The number of rotatable bonds is 12. The van der Waals surface area contributed by atoms with Crippen LogP contribution in [0.5, 0.6) is 0 Å². The Balaban J connectivity index is 0.000000110. The molecule has 0 amide bonds. The molecule has 654 valence electrons. The minimum absolute atomic E-state index is 0.00231. The molecule has 27 rings (SSSR count). The zero-order valence-electron chi connectivity index (χ0n) is 76.6. The number of nitrogens with zero attached hydrogens (tertiary/aromatic N) is 9. The number of benzene rings is 18. The lowest BCUT2D eigenvalue weighted by Gasteiger charge is -2.21. The molecule has 0 spiro atoms. The average molecular weight is 1790 g/mol. The Morgan fingerprint density at radius 2 is 0.449 bits per heavy atom. The molecule has 0 aliphatic heterocycles. The Kier molecular flexibility index (Phi) is 19.9. The zero-order chi connectivity index (χ0) is 92.5. The zero-order valence-corrected chi connectivity index (χ0v) is 77.4. The van der Waals surface area contributed by atoms with E-state index in [9.17, 15) is 0 Å². The summed E-state index contributed by atoms with van der Waals surface area (Å²) in [5.74, 6) is 5.85. The van der Waals surface area contributed by atoms with Gasteiger partial charge in [0.15, 0.2) is 52.4 Å². The van der Waals surface area contributed by atoms with E-state index in [1.165, 1.54) is 92.5 Å². The van der Waals surface area contributed by atoms with Gasteiger partial charge in [-0.25, -0.2) is 44.9 Å². The fourth-order valence-corrected chi connectivity index (χ4v) is 22.2. The van der Waals surface area contributed by atoms with Crippen molar-refractivity contribution in [1.82, 2.24) is 44.9 Å². The fraction of sp³-hybridized carbons (Fsp3) is 0.0714. The molecule has 3 aliphatic carbocycles. The van der Waals surface area contributed by atoms with E-state index in [1.807, 2.05) is 193 Å². The SMILES string of the molecule is CC1(C)c2ccccc2-c2cc3c(cc21)sc1ccc(-c2cccc(-c4nc(-c5ccccc5)nc(-c5ccccc5)n4)c2)cc13.CC1(C)c2ccccc2-c2ccc3c(oc4c(-c5ccc(-c6nc(-c7ccccc7)nc(-c7ccccc7)n6)cc5)cccc43)c21.CC1(C)c2ccccc2-c2ccc3c(oc4c(-c5cccc(-c6nc(-c7ccccc7)nc(-c7ccccc7)n6)c5)cccc43)c21. The minimum Gasteiger partial charge on any atom is -0.455 e. The maximum Gasteiger partial charge on any atom is 0.164 e. The van der Waals surface area contributed by atoms with E-state index in [1.54, 1.807) is 0 Å². The quantitative estimate of drug-likeness (QED) is 0.115. The highest BCUT2D eigenvalue weighted by molar-refractivity contribution is 7.25. The van der Waals surface area contributed by atoms with Crippen LogP contribution in [0.2, 0.25) is 0 Å². The molecule has 138 heavy (non-hydrogen) atoms. The molecule has 0 atom stereocenters. The first kappa shape index (κ1) is 82.7. The lowest BCUT2D eigenvalue weighted by Crippen LogP contribution is -2.15. The van der Waals surface area contributed by atoms with E-state index >= 15 is 0 Å². The van der Waals surface area contributed by atoms with Crippen LogP contribution in [-0.4, -0.2) is 44.9 Å². The summed E-state index contributed by atoms with van der Waals surface area (Å²) in [5, 5.41) is 7.16. The molecule has 3 aliphatic rings. The van der Waals surface area contributed by atoms with Crippen molar-refractivity contribution in [1.29, 1.82) is 0 Å². The first-order chi connectivity index (χ1) is 67.6. The van der Waals surface area contributed by atoms with Gasteiger partial charge >= 0.3 is 0 Å². The van der Waals surface area contributed by atoms with E-state index in [-0.39, 0.29) is 16.2 Å². The third kappa shape index (κ3) is 14.2. The van der Waals surface area contributed by atoms with Gasteiger partial charge in [-0.3, -0.25) is 0 Å². The third-order valence-corrected chi connectivity index (χ3v) is 29.1. The summed E-state index contributed by atoms with van der Waals surface area (Å²) in [5.41, 5.74) is 34.4. The summed E-state index contributed by atoms with van der Waals surface area (Å²) in [4.78, 5) is 44.2. The van der Waals surface area contributed by atoms with E-state index < -0.39 is 0 Å². The van der Waals surface area contributed by atoms with Crippen LogP contribution in [0.4, 0.5) is 0 Å². The van der Waals surface area contributed by atoms with Gasteiger partial charge in [0.25, 0.3) is 0 Å². The van der Waals surface area contributed by atoms with Crippen LogP contribution in [0, 0.1) is 0 Å². The molecule has 18 aromatic carbocycles. The maximum atomic E-state index is 6.91. The second-order valence-corrected chi connectivity index (χ2v) is 38.5. The number of fused-ring (bicyclic) bond motifs is 20. The van der Waals surface area contributed by atoms with Gasteiger partial charge in [0.1, 0.15) is 22.3 Å². The Hall–Kier alpha value is -17.2. The average Bonchev–Trinajstić information content (AvgIpc) is 1.55. The summed E-state index contributed by atoms with van der Waals surface area (Å²) in [6.07, 6.45) is 0. The van der Waals surface area contributed by atoms with Gasteiger partial charge in [-0.05, 0) is 126 Å². The molecule has 0 fully saturated rings. The first-order valence-electron chi connectivity index (χ1n) is 46.9. The van der Waals surface area contributed by atoms with Crippen LogP contribution in [0.25, 0.3) is 233 Å². The van der Waals surface area contributed by atoms with E-state index in [0.717, 1.165) is 122 Å². The molecule has 12 heteroatoms. The van der Waals surface area contributed by atoms with Crippen molar-refractivity contribution in [2.24, 2.45) is 0 Å². The summed E-state index contributed by atoms with van der Waals surface area (Å²) < 4.78 is 16.4. The highest BCUT2D eigenvalue weighted by Gasteiger charge is 2.41. The molecule has 6 aromatic heterocycles. The number of thiophene rings is 1. The Morgan fingerprint density at radius 1 is 0.167 bits per heavy atom. The van der Waals surface area contributed by atoms with Crippen LogP contribution in [0.15, 0.2) is 427 Å². The molecule has 0 N–H and O–H groups in total. The van der Waals surface area contributed by atoms with Gasteiger partial charge in [-0.15, -0.1) is 11.3 Å². The monoisotopic (exact) mass is 1790 g/mol. The Bertz CT molecular complexity index is 8790. The summed E-state index contributed by atoms with van der Waals surface area (Å²) in [7, 11) is 0. The maximum absolute atomic E-state index is 6.91. The van der Waals surface area contributed by atoms with Crippen molar-refractivity contribution in [2.45, 2.75) is 57.8 Å². The second kappa shape index (κ2) is 33.2. The van der Waals surface area contributed by atoms with E-state index in [2.05, 4.69) is 278 Å². The Morgan fingerprint density at radius 3 is 0.862 bits per heavy atom.